The van der Waals surface area contributed by atoms with Gasteiger partial charge in [0.05, 0.1) is 12.8 Å². The summed E-state index contributed by atoms with van der Waals surface area (Å²) in [5.41, 5.74) is 17.3. The zero-order valence-corrected chi connectivity index (χ0v) is 11.7. The molecule has 0 amide bonds. The summed E-state index contributed by atoms with van der Waals surface area (Å²) in [6.45, 7) is 0. The molecular formula is C12H19N5O3. The average Bonchev–Trinajstić information content (AvgIpc) is 2.40. The third-order valence-electron chi connectivity index (χ3n) is 2.40. The average molecular weight is 281 g/mol. The van der Waals surface area contributed by atoms with Crippen molar-refractivity contribution >= 4 is 17.6 Å². The van der Waals surface area contributed by atoms with Crippen LogP contribution in [-0.4, -0.2) is 33.2 Å². The van der Waals surface area contributed by atoms with Crippen molar-refractivity contribution in [3.05, 3.63) is 23.8 Å². The standard InChI is InChI=1S/C12H19N5O3/c1-18-7-4-5-9(16-12(15)17-11(13)14)8(6-7)10(19-2)20-3/h4-6,10H,1-3H3,(H6,13,14,15,16,17). The van der Waals surface area contributed by atoms with E-state index < -0.39 is 6.29 Å². The second kappa shape index (κ2) is 7.31. The Balaban J connectivity index is 3.28. The van der Waals surface area contributed by atoms with Crippen molar-refractivity contribution in [1.29, 1.82) is 0 Å². The van der Waals surface area contributed by atoms with Gasteiger partial charge in [-0.05, 0) is 18.2 Å². The summed E-state index contributed by atoms with van der Waals surface area (Å²) in [7, 11) is 4.59. The fourth-order valence-electron chi connectivity index (χ4n) is 1.58. The van der Waals surface area contributed by atoms with Crippen LogP contribution in [0.1, 0.15) is 11.9 Å². The zero-order chi connectivity index (χ0) is 15.1. The summed E-state index contributed by atoms with van der Waals surface area (Å²) in [4.78, 5) is 7.78. The van der Waals surface area contributed by atoms with Crippen molar-refractivity contribution in [2.45, 2.75) is 6.29 Å². The molecule has 6 N–H and O–H groups in total. The summed E-state index contributed by atoms with van der Waals surface area (Å²) < 4.78 is 15.6. The molecule has 8 heteroatoms. The number of guanidine groups is 2. The van der Waals surface area contributed by atoms with Gasteiger partial charge in [0.1, 0.15) is 5.75 Å². The SMILES string of the molecule is COc1ccc(N=C(N)N=C(N)N)c(C(OC)OC)c1. The molecule has 0 aliphatic rings. The minimum atomic E-state index is -0.615. The van der Waals surface area contributed by atoms with Crippen molar-refractivity contribution in [3.63, 3.8) is 0 Å². The molecule has 1 aromatic carbocycles. The first-order valence-corrected chi connectivity index (χ1v) is 5.69. The van der Waals surface area contributed by atoms with Crippen molar-refractivity contribution in [2.75, 3.05) is 21.3 Å². The van der Waals surface area contributed by atoms with Crippen LogP contribution >= 0.6 is 0 Å². The molecule has 0 unspecified atom stereocenters. The number of benzene rings is 1. The number of nitrogens with two attached hydrogens (primary N) is 3. The fourth-order valence-corrected chi connectivity index (χ4v) is 1.58. The largest absolute Gasteiger partial charge is 0.497 e. The van der Waals surface area contributed by atoms with E-state index in [4.69, 9.17) is 31.4 Å². The highest BCUT2D eigenvalue weighted by atomic mass is 16.7. The number of hydrogen-bond acceptors (Lipinski definition) is 4. The first-order valence-electron chi connectivity index (χ1n) is 5.69. The molecule has 1 aromatic rings. The second-order valence-electron chi connectivity index (χ2n) is 3.73. The van der Waals surface area contributed by atoms with Crippen molar-refractivity contribution in [3.8, 4) is 5.75 Å². The van der Waals surface area contributed by atoms with Crippen LogP contribution in [-0.2, 0) is 9.47 Å². The highest BCUT2D eigenvalue weighted by Crippen LogP contribution is 2.31. The molecule has 0 aliphatic carbocycles. The van der Waals surface area contributed by atoms with Crippen LogP contribution in [0.15, 0.2) is 28.2 Å². The number of rotatable bonds is 5. The summed E-state index contributed by atoms with van der Waals surface area (Å²) in [6.07, 6.45) is -0.615. The van der Waals surface area contributed by atoms with Crippen LogP contribution in [0.2, 0.25) is 0 Å². The normalized spacial score (nSPS) is 11.5. The third-order valence-corrected chi connectivity index (χ3v) is 2.40. The maximum Gasteiger partial charge on any atom is 0.223 e. The van der Waals surface area contributed by atoms with Crippen LogP contribution in [0, 0.1) is 0 Å². The van der Waals surface area contributed by atoms with E-state index in [1.165, 1.54) is 14.2 Å². The lowest BCUT2D eigenvalue weighted by molar-refractivity contribution is -0.105. The minimum absolute atomic E-state index is 0.0672. The van der Waals surface area contributed by atoms with Crippen LogP contribution in [0.5, 0.6) is 5.75 Å². The number of hydrogen-bond donors (Lipinski definition) is 3. The number of nitrogens with zero attached hydrogens (tertiary/aromatic N) is 2. The Labute approximate surface area is 117 Å². The molecule has 0 spiro atoms. The molecule has 110 valence electrons. The summed E-state index contributed by atoms with van der Waals surface area (Å²) >= 11 is 0. The van der Waals surface area contributed by atoms with Crippen molar-refractivity contribution in [1.82, 2.24) is 0 Å². The van der Waals surface area contributed by atoms with Crippen LogP contribution < -0.4 is 21.9 Å². The molecule has 0 aromatic heterocycles. The summed E-state index contributed by atoms with van der Waals surface area (Å²) in [6, 6.07) is 5.17. The molecule has 0 saturated carbocycles. The van der Waals surface area contributed by atoms with E-state index in [-0.39, 0.29) is 11.9 Å². The van der Waals surface area contributed by atoms with Crippen LogP contribution in [0.3, 0.4) is 0 Å². The Morgan fingerprint density at radius 1 is 1.10 bits per heavy atom. The predicted octanol–water partition coefficient (Wildman–Crippen LogP) is 0.206. The van der Waals surface area contributed by atoms with Gasteiger partial charge < -0.3 is 31.4 Å². The Hall–Kier alpha value is -2.32. The van der Waals surface area contributed by atoms with E-state index in [0.717, 1.165) is 0 Å². The molecule has 1 rings (SSSR count). The lowest BCUT2D eigenvalue weighted by Crippen LogP contribution is -2.26. The first-order chi connectivity index (χ1) is 9.51. The van der Waals surface area contributed by atoms with E-state index in [0.29, 0.717) is 17.0 Å². The highest BCUT2D eigenvalue weighted by molar-refractivity contribution is 5.93. The van der Waals surface area contributed by atoms with E-state index in [1.54, 1.807) is 25.3 Å². The lowest BCUT2D eigenvalue weighted by atomic mass is 10.1. The first kappa shape index (κ1) is 15.7. The van der Waals surface area contributed by atoms with Gasteiger partial charge in [-0.3, -0.25) is 0 Å². The van der Waals surface area contributed by atoms with Gasteiger partial charge in [-0.1, -0.05) is 0 Å². The molecule has 20 heavy (non-hydrogen) atoms. The Bertz CT molecular complexity index is 508. The van der Waals surface area contributed by atoms with Crippen LogP contribution in [0.25, 0.3) is 0 Å². The Morgan fingerprint density at radius 2 is 1.75 bits per heavy atom. The van der Waals surface area contributed by atoms with E-state index >= 15 is 0 Å². The van der Waals surface area contributed by atoms with Gasteiger partial charge in [-0.2, -0.15) is 4.99 Å². The maximum absolute atomic E-state index is 5.62. The predicted molar refractivity (Wildman–Crippen MR) is 76.8 cm³/mol. The van der Waals surface area contributed by atoms with Gasteiger partial charge in [0.15, 0.2) is 12.2 Å². The van der Waals surface area contributed by atoms with E-state index in [9.17, 15) is 0 Å². The van der Waals surface area contributed by atoms with E-state index in [2.05, 4.69) is 9.98 Å². The smallest absolute Gasteiger partial charge is 0.223 e. The molecule has 0 radical (unpaired) electrons. The monoisotopic (exact) mass is 281 g/mol. The number of methoxy groups -OCH3 is 3. The zero-order valence-electron chi connectivity index (χ0n) is 11.7. The lowest BCUT2D eigenvalue weighted by Gasteiger charge is -2.16. The molecule has 0 fully saturated rings. The second-order valence-corrected chi connectivity index (χ2v) is 3.73. The Kier molecular flexibility index (Phi) is 5.75. The Morgan fingerprint density at radius 3 is 2.25 bits per heavy atom. The molecule has 0 atom stereocenters. The molecule has 8 nitrogen and oxygen atoms in total. The number of aliphatic imine (C=N–C) groups is 2. The third kappa shape index (κ3) is 4.11. The van der Waals surface area contributed by atoms with Gasteiger partial charge in [0.25, 0.3) is 0 Å². The number of ether oxygens (including phenoxy) is 3. The molecule has 0 bridgehead atoms. The highest BCUT2D eigenvalue weighted by Gasteiger charge is 2.15. The molecule has 0 saturated heterocycles. The fraction of sp³-hybridized carbons (Fsp3) is 0.333. The van der Waals surface area contributed by atoms with E-state index in [1.807, 2.05) is 0 Å². The van der Waals surface area contributed by atoms with Crippen LogP contribution in [0.4, 0.5) is 5.69 Å². The summed E-state index contributed by atoms with van der Waals surface area (Å²) in [5.74, 6) is 0.400. The molecular weight excluding hydrogens is 262 g/mol. The van der Waals surface area contributed by atoms with Gasteiger partial charge in [0.2, 0.25) is 5.96 Å². The minimum Gasteiger partial charge on any atom is -0.497 e. The van der Waals surface area contributed by atoms with Gasteiger partial charge >= 0.3 is 0 Å². The van der Waals surface area contributed by atoms with Gasteiger partial charge in [-0.15, -0.1) is 0 Å². The van der Waals surface area contributed by atoms with Crippen molar-refractivity contribution < 1.29 is 14.2 Å². The molecule has 0 heterocycles. The van der Waals surface area contributed by atoms with Gasteiger partial charge in [0, 0.05) is 19.8 Å². The van der Waals surface area contributed by atoms with Gasteiger partial charge in [-0.25, -0.2) is 4.99 Å². The van der Waals surface area contributed by atoms with Crippen molar-refractivity contribution in [2.24, 2.45) is 27.2 Å². The quantitative estimate of drug-likeness (QED) is 0.401. The topological polar surface area (TPSA) is 130 Å². The summed E-state index contributed by atoms with van der Waals surface area (Å²) in [5, 5.41) is 0. The maximum atomic E-state index is 5.62. The molecule has 0 aliphatic heterocycles.